The van der Waals surface area contributed by atoms with Gasteiger partial charge in [0.15, 0.2) is 0 Å². The van der Waals surface area contributed by atoms with Crippen molar-refractivity contribution in [1.29, 1.82) is 0 Å². The van der Waals surface area contributed by atoms with Gasteiger partial charge in [-0.2, -0.15) is 0 Å². The van der Waals surface area contributed by atoms with Gasteiger partial charge >= 0.3 is 0 Å². The zero-order valence-corrected chi connectivity index (χ0v) is 13.2. The molecule has 0 aliphatic carbocycles. The molecule has 0 bridgehead atoms. The molecule has 3 rings (SSSR count). The first-order valence-corrected chi connectivity index (χ1v) is 7.93. The number of anilines is 1. The lowest BCUT2D eigenvalue weighted by Crippen LogP contribution is -2.48. The molecule has 1 unspecified atom stereocenters. The van der Waals surface area contributed by atoms with E-state index in [9.17, 15) is 0 Å². The summed E-state index contributed by atoms with van der Waals surface area (Å²) in [6, 6.07) is 14.7. The van der Waals surface area contributed by atoms with Crippen LogP contribution in [-0.4, -0.2) is 42.6 Å². The van der Waals surface area contributed by atoms with Crippen LogP contribution in [0.15, 0.2) is 48.7 Å². The van der Waals surface area contributed by atoms with E-state index in [0.717, 1.165) is 38.5 Å². The highest BCUT2D eigenvalue weighted by Gasteiger charge is 2.19. The van der Waals surface area contributed by atoms with Gasteiger partial charge in [-0.3, -0.25) is 4.90 Å². The quantitative estimate of drug-likeness (QED) is 0.939. The molecule has 1 aliphatic rings. The van der Waals surface area contributed by atoms with Gasteiger partial charge in [0.05, 0.1) is 0 Å². The fraction of sp³-hybridized carbons (Fsp3) is 0.389. The fourth-order valence-corrected chi connectivity index (χ4v) is 2.90. The third kappa shape index (κ3) is 3.64. The lowest BCUT2D eigenvalue weighted by Gasteiger charge is -2.36. The maximum atomic E-state index is 6.35. The van der Waals surface area contributed by atoms with Crippen molar-refractivity contribution in [2.24, 2.45) is 5.73 Å². The third-order valence-electron chi connectivity index (χ3n) is 4.31. The SMILES string of the molecule is Cc1ccc(C(N)CN2CCN(c3ccccn3)CC2)cc1. The Labute approximate surface area is 132 Å². The fourth-order valence-electron chi connectivity index (χ4n) is 2.90. The predicted molar refractivity (Wildman–Crippen MR) is 91.0 cm³/mol. The Bertz CT molecular complexity index is 574. The molecule has 2 heterocycles. The summed E-state index contributed by atoms with van der Waals surface area (Å²) in [4.78, 5) is 9.22. The summed E-state index contributed by atoms with van der Waals surface area (Å²) in [6.07, 6.45) is 1.86. The molecular weight excluding hydrogens is 272 g/mol. The van der Waals surface area contributed by atoms with Crippen LogP contribution in [0.1, 0.15) is 17.2 Å². The van der Waals surface area contributed by atoms with Crippen molar-refractivity contribution in [3.63, 3.8) is 0 Å². The molecule has 1 saturated heterocycles. The standard InChI is InChI=1S/C18H24N4/c1-15-5-7-16(8-6-15)17(19)14-21-10-12-22(13-11-21)18-4-2-3-9-20-18/h2-9,17H,10-14,19H2,1H3. The zero-order chi connectivity index (χ0) is 15.4. The van der Waals surface area contributed by atoms with Crippen LogP contribution in [-0.2, 0) is 0 Å². The topological polar surface area (TPSA) is 45.4 Å². The number of nitrogens with zero attached hydrogens (tertiary/aromatic N) is 3. The van der Waals surface area contributed by atoms with Crippen LogP contribution < -0.4 is 10.6 Å². The van der Waals surface area contributed by atoms with Crippen LogP contribution in [0.5, 0.6) is 0 Å². The van der Waals surface area contributed by atoms with Crippen molar-refractivity contribution in [3.8, 4) is 0 Å². The first kappa shape index (κ1) is 15.0. The zero-order valence-electron chi connectivity index (χ0n) is 13.2. The summed E-state index contributed by atoms with van der Waals surface area (Å²) >= 11 is 0. The second-order valence-corrected chi connectivity index (χ2v) is 5.99. The molecule has 2 aromatic rings. The molecule has 22 heavy (non-hydrogen) atoms. The van der Waals surface area contributed by atoms with Gasteiger partial charge in [-0.15, -0.1) is 0 Å². The van der Waals surface area contributed by atoms with E-state index in [0.29, 0.717) is 0 Å². The Hall–Kier alpha value is -1.91. The first-order chi connectivity index (χ1) is 10.7. The van der Waals surface area contributed by atoms with Gasteiger partial charge in [-0.05, 0) is 24.6 Å². The van der Waals surface area contributed by atoms with E-state index in [1.807, 2.05) is 18.3 Å². The first-order valence-electron chi connectivity index (χ1n) is 7.93. The molecule has 1 fully saturated rings. The molecule has 1 atom stereocenters. The van der Waals surface area contributed by atoms with Crippen LogP contribution in [0.25, 0.3) is 0 Å². The van der Waals surface area contributed by atoms with Crippen LogP contribution in [0, 0.1) is 6.92 Å². The van der Waals surface area contributed by atoms with E-state index in [4.69, 9.17) is 5.73 Å². The number of benzene rings is 1. The molecule has 4 heteroatoms. The minimum Gasteiger partial charge on any atom is -0.354 e. The molecular formula is C18H24N4. The van der Waals surface area contributed by atoms with Crippen LogP contribution >= 0.6 is 0 Å². The van der Waals surface area contributed by atoms with Gasteiger partial charge in [-0.25, -0.2) is 4.98 Å². The molecule has 0 spiro atoms. The third-order valence-corrected chi connectivity index (χ3v) is 4.31. The van der Waals surface area contributed by atoms with Crippen molar-refractivity contribution in [3.05, 3.63) is 59.8 Å². The maximum absolute atomic E-state index is 6.35. The summed E-state index contributed by atoms with van der Waals surface area (Å²) in [5.74, 6) is 1.07. The number of rotatable bonds is 4. The molecule has 1 aromatic carbocycles. The Balaban J connectivity index is 1.52. The van der Waals surface area contributed by atoms with Gasteiger partial charge in [0.25, 0.3) is 0 Å². The van der Waals surface area contributed by atoms with Gasteiger partial charge in [0.1, 0.15) is 5.82 Å². The number of piperazine rings is 1. The average Bonchev–Trinajstić information content (AvgIpc) is 2.57. The lowest BCUT2D eigenvalue weighted by molar-refractivity contribution is 0.243. The van der Waals surface area contributed by atoms with Crippen molar-refractivity contribution in [1.82, 2.24) is 9.88 Å². The second kappa shape index (κ2) is 6.90. The molecule has 0 radical (unpaired) electrons. The van der Waals surface area contributed by atoms with Crippen molar-refractivity contribution in [2.75, 3.05) is 37.6 Å². The smallest absolute Gasteiger partial charge is 0.128 e. The second-order valence-electron chi connectivity index (χ2n) is 5.99. The molecule has 2 N–H and O–H groups in total. The van der Waals surface area contributed by atoms with E-state index in [2.05, 4.69) is 52.0 Å². The maximum Gasteiger partial charge on any atom is 0.128 e. The highest BCUT2D eigenvalue weighted by molar-refractivity contribution is 5.38. The van der Waals surface area contributed by atoms with Crippen LogP contribution in [0.2, 0.25) is 0 Å². The van der Waals surface area contributed by atoms with Crippen molar-refractivity contribution < 1.29 is 0 Å². The van der Waals surface area contributed by atoms with E-state index >= 15 is 0 Å². The Morgan fingerprint density at radius 3 is 2.41 bits per heavy atom. The molecule has 0 amide bonds. The minimum atomic E-state index is 0.0852. The summed E-state index contributed by atoms with van der Waals surface area (Å²) in [5.41, 5.74) is 8.85. The average molecular weight is 296 g/mol. The minimum absolute atomic E-state index is 0.0852. The van der Waals surface area contributed by atoms with Crippen molar-refractivity contribution >= 4 is 5.82 Å². The Morgan fingerprint density at radius 2 is 1.77 bits per heavy atom. The van der Waals surface area contributed by atoms with Gasteiger partial charge in [-0.1, -0.05) is 35.9 Å². The molecule has 1 aromatic heterocycles. The van der Waals surface area contributed by atoms with Gasteiger partial charge < -0.3 is 10.6 Å². The van der Waals surface area contributed by atoms with Gasteiger partial charge in [0, 0.05) is 45.0 Å². The van der Waals surface area contributed by atoms with Crippen LogP contribution in [0.3, 0.4) is 0 Å². The molecule has 1 aliphatic heterocycles. The van der Waals surface area contributed by atoms with E-state index in [1.54, 1.807) is 0 Å². The molecule has 116 valence electrons. The summed E-state index contributed by atoms with van der Waals surface area (Å²) in [7, 11) is 0. The number of aryl methyl sites for hydroxylation is 1. The number of hydrogen-bond donors (Lipinski definition) is 1. The largest absolute Gasteiger partial charge is 0.354 e. The number of hydrogen-bond acceptors (Lipinski definition) is 4. The van der Waals surface area contributed by atoms with E-state index in [-0.39, 0.29) is 6.04 Å². The van der Waals surface area contributed by atoms with Crippen LogP contribution in [0.4, 0.5) is 5.82 Å². The summed E-state index contributed by atoms with van der Waals surface area (Å²) in [6.45, 7) is 7.12. The Kier molecular flexibility index (Phi) is 4.71. The van der Waals surface area contributed by atoms with E-state index < -0.39 is 0 Å². The summed E-state index contributed by atoms with van der Waals surface area (Å²) < 4.78 is 0. The van der Waals surface area contributed by atoms with E-state index in [1.165, 1.54) is 11.1 Å². The lowest BCUT2D eigenvalue weighted by atomic mass is 10.1. The summed E-state index contributed by atoms with van der Waals surface area (Å²) in [5, 5.41) is 0. The molecule has 4 nitrogen and oxygen atoms in total. The highest BCUT2D eigenvalue weighted by Crippen LogP contribution is 2.16. The van der Waals surface area contributed by atoms with Gasteiger partial charge in [0.2, 0.25) is 0 Å². The number of aromatic nitrogens is 1. The monoisotopic (exact) mass is 296 g/mol. The highest BCUT2D eigenvalue weighted by atomic mass is 15.3. The Morgan fingerprint density at radius 1 is 1.05 bits per heavy atom. The normalized spacial score (nSPS) is 17.5. The predicted octanol–water partition coefficient (Wildman–Crippen LogP) is 2.21. The van der Waals surface area contributed by atoms with Crippen molar-refractivity contribution in [2.45, 2.75) is 13.0 Å². The number of pyridine rings is 1. The number of nitrogens with two attached hydrogens (primary N) is 1. The molecule has 0 saturated carbocycles.